The minimum absolute atomic E-state index is 0.549. The summed E-state index contributed by atoms with van der Waals surface area (Å²) in [5.74, 6) is 2.75. The molecule has 2 N–H and O–H groups in total. The molecule has 0 aliphatic carbocycles. The molecule has 0 spiro atoms. The molecule has 0 aliphatic rings. The number of thioether (sulfide) groups is 1. The van der Waals surface area contributed by atoms with Gasteiger partial charge < -0.3 is 20.1 Å². The number of aliphatic imine (C=N–C) groups is 1. The monoisotopic (exact) mass is 325 g/mol. The van der Waals surface area contributed by atoms with Crippen LogP contribution in [0.4, 0.5) is 0 Å². The Morgan fingerprint density at radius 2 is 2.09 bits per heavy atom. The SMILES string of the molecule is CN=C(NCCSC)NCc1ccc(C)cc1OCCOC. The second-order valence-electron chi connectivity index (χ2n) is 4.80. The van der Waals surface area contributed by atoms with Crippen molar-refractivity contribution in [1.29, 1.82) is 0 Å². The summed E-state index contributed by atoms with van der Waals surface area (Å²) in [4.78, 5) is 4.22. The molecule has 6 heteroatoms. The van der Waals surface area contributed by atoms with Crippen LogP contribution in [0.15, 0.2) is 23.2 Å². The van der Waals surface area contributed by atoms with E-state index in [-0.39, 0.29) is 0 Å². The molecule has 0 heterocycles. The van der Waals surface area contributed by atoms with Crippen molar-refractivity contribution >= 4 is 17.7 Å². The number of nitrogens with zero attached hydrogens (tertiary/aromatic N) is 1. The van der Waals surface area contributed by atoms with Gasteiger partial charge in [0.15, 0.2) is 5.96 Å². The van der Waals surface area contributed by atoms with E-state index in [1.165, 1.54) is 5.56 Å². The third-order valence-corrected chi connectivity index (χ3v) is 3.65. The van der Waals surface area contributed by atoms with Crippen LogP contribution >= 0.6 is 11.8 Å². The number of benzene rings is 1. The number of hydrogen-bond donors (Lipinski definition) is 2. The molecule has 0 atom stereocenters. The van der Waals surface area contributed by atoms with Gasteiger partial charge in [0.05, 0.1) is 6.61 Å². The maximum Gasteiger partial charge on any atom is 0.191 e. The fourth-order valence-electron chi connectivity index (χ4n) is 1.85. The largest absolute Gasteiger partial charge is 0.491 e. The number of hydrogen-bond acceptors (Lipinski definition) is 4. The molecule has 0 aromatic heterocycles. The fraction of sp³-hybridized carbons (Fsp3) is 0.562. The van der Waals surface area contributed by atoms with Crippen LogP contribution in [-0.4, -0.2) is 51.9 Å². The highest BCUT2D eigenvalue weighted by atomic mass is 32.2. The Bertz CT molecular complexity index is 467. The van der Waals surface area contributed by atoms with Gasteiger partial charge in [0.1, 0.15) is 12.4 Å². The second-order valence-corrected chi connectivity index (χ2v) is 5.78. The molecule has 0 aliphatic heterocycles. The average molecular weight is 325 g/mol. The predicted molar refractivity (Wildman–Crippen MR) is 95.1 cm³/mol. The quantitative estimate of drug-likeness (QED) is 0.413. The van der Waals surface area contributed by atoms with Crippen LogP contribution in [0.2, 0.25) is 0 Å². The summed E-state index contributed by atoms with van der Waals surface area (Å²) in [7, 11) is 3.45. The highest BCUT2D eigenvalue weighted by Crippen LogP contribution is 2.20. The van der Waals surface area contributed by atoms with E-state index in [0.717, 1.165) is 29.6 Å². The van der Waals surface area contributed by atoms with E-state index in [1.807, 2.05) is 0 Å². The first-order valence-electron chi connectivity index (χ1n) is 7.36. The van der Waals surface area contributed by atoms with Crippen molar-refractivity contribution in [3.63, 3.8) is 0 Å². The van der Waals surface area contributed by atoms with Gasteiger partial charge in [-0.1, -0.05) is 12.1 Å². The molecule has 124 valence electrons. The molecule has 1 aromatic carbocycles. The molecule has 0 radical (unpaired) electrons. The summed E-state index contributed by atoms with van der Waals surface area (Å²) in [5.41, 5.74) is 2.29. The smallest absolute Gasteiger partial charge is 0.191 e. The van der Waals surface area contributed by atoms with Gasteiger partial charge in [-0.3, -0.25) is 4.99 Å². The average Bonchev–Trinajstić information content (AvgIpc) is 2.52. The lowest BCUT2D eigenvalue weighted by atomic mass is 10.1. The van der Waals surface area contributed by atoms with Crippen LogP contribution in [0.1, 0.15) is 11.1 Å². The van der Waals surface area contributed by atoms with Crippen molar-refractivity contribution in [2.24, 2.45) is 4.99 Å². The van der Waals surface area contributed by atoms with Crippen LogP contribution in [0.25, 0.3) is 0 Å². The Kier molecular flexibility index (Phi) is 9.50. The molecule has 0 saturated heterocycles. The lowest BCUT2D eigenvalue weighted by molar-refractivity contribution is 0.145. The lowest BCUT2D eigenvalue weighted by Gasteiger charge is -2.15. The Labute approximate surface area is 137 Å². The summed E-state index contributed by atoms with van der Waals surface area (Å²) in [5, 5.41) is 6.59. The van der Waals surface area contributed by atoms with Crippen molar-refractivity contribution in [3.05, 3.63) is 29.3 Å². The first-order valence-corrected chi connectivity index (χ1v) is 8.75. The van der Waals surface area contributed by atoms with E-state index in [0.29, 0.717) is 19.8 Å². The molecular formula is C16H27N3O2S. The van der Waals surface area contributed by atoms with Crippen LogP contribution in [0.5, 0.6) is 5.75 Å². The van der Waals surface area contributed by atoms with E-state index in [1.54, 1.807) is 25.9 Å². The molecule has 0 bridgehead atoms. The highest BCUT2D eigenvalue weighted by Gasteiger charge is 2.05. The minimum atomic E-state index is 0.549. The zero-order valence-corrected chi connectivity index (χ0v) is 14.8. The molecule has 0 unspecified atom stereocenters. The zero-order valence-electron chi connectivity index (χ0n) is 13.9. The summed E-state index contributed by atoms with van der Waals surface area (Å²) in [6, 6.07) is 6.22. The first-order chi connectivity index (χ1) is 10.7. The van der Waals surface area contributed by atoms with Gasteiger partial charge >= 0.3 is 0 Å². The standard InChI is InChI=1S/C16H27N3O2S/c1-13-5-6-14(15(11-13)21-9-8-20-3)12-19-16(17-2)18-7-10-22-4/h5-6,11H,7-10,12H2,1-4H3,(H2,17,18,19). The van der Waals surface area contributed by atoms with Gasteiger partial charge in [0.2, 0.25) is 0 Å². The Morgan fingerprint density at radius 3 is 2.77 bits per heavy atom. The summed E-state index contributed by atoms with van der Waals surface area (Å²) < 4.78 is 10.8. The molecule has 5 nitrogen and oxygen atoms in total. The van der Waals surface area contributed by atoms with E-state index in [9.17, 15) is 0 Å². The zero-order chi connectivity index (χ0) is 16.2. The van der Waals surface area contributed by atoms with Crippen molar-refractivity contribution in [1.82, 2.24) is 10.6 Å². The lowest BCUT2D eigenvalue weighted by Crippen LogP contribution is -2.38. The first kappa shape index (κ1) is 18.6. The van der Waals surface area contributed by atoms with Gasteiger partial charge in [-0.15, -0.1) is 0 Å². The number of aryl methyl sites for hydroxylation is 1. The van der Waals surface area contributed by atoms with Gasteiger partial charge in [-0.05, 0) is 24.8 Å². The van der Waals surface area contributed by atoms with Gasteiger partial charge in [-0.25, -0.2) is 0 Å². The third-order valence-electron chi connectivity index (χ3n) is 3.04. The van der Waals surface area contributed by atoms with E-state index in [2.05, 4.69) is 47.0 Å². The third kappa shape index (κ3) is 7.04. The maximum absolute atomic E-state index is 5.79. The van der Waals surface area contributed by atoms with Crippen LogP contribution in [-0.2, 0) is 11.3 Å². The normalized spacial score (nSPS) is 11.4. The highest BCUT2D eigenvalue weighted by molar-refractivity contribution is 7.98. The van der Waals surface area contributed by atoms with Gasteiger partial charge in [0.25, 0.3) is 0 Å². The summed E-state index contributed by atoms with van der Waals surface area (Å²) in [6.45, 7) is 4.75. The van der Waals surface area contributed by atoms with Crippen LogP contribution < -0.4 is 15.4 Å². The molecule has 1 aromatic rings. The van der Waals surface area contributed by atoms with Gasteiger partial charge in [-0.2, -0.15) is 11.8 Å². The predicted octanol–water partition coefficient (Wildman–Crippen LogP) is 2.05. The molecular weight excluding hydrogens is 298 g/mol. The Morgan fingerprint density at radius 1 is 1.27 bits per heavy atom. The van der Waals surface area contributed by atoms with Crippen LogP contribution in [0.3, 0.4) is 0 Å². The van der Waals surface area contributed by atoms with Crippen molar-refractivity contribution in [2.75, 3.05) is 45.9 Å². The van der Waals surface area contributed by atoms with Gasteiger partial charge in [0, 0.05) is 38.6 Å². The molecule has 22 heavy (non-hydrogen) atoms. The number of nitrogens with one attached hydrogen (secondary N) is 2. The van der Waals surface area contributed by atoms with E-state index < -0.39 is 0 Å². The Balaban J connectivity index is 2.59. The number of guanidine groups is 1. The van der Waals surface area contributed by atoms with E-state index >= 15 is 0 Å². The van der Waals surface area contributed by atoms with E-state index in [4.69, 9.17) is 9.47 Å². The summed E-state index contributed by atoms with van der Waals surface area (Å²) >= 11 is 1.81. The topological polar surface area (TPSA) is 54.9 Å². The fourth-order valence-corrected chi connectivity index (χ4v) is 2.15. The maximum atomic E-state index is 5.79. The molecule has 0 amide bonds. The Hall–Kier alpha value is -1.40. The number of rotatable bonds is 9. The second kappa shape index (κ2) is 11.2. The van der Waals surface area contributed by atoms with Crippen LogP contribution in [0, 0.1) is 6.92 Å². The van der Waals surface area contributed by atoms with Crippen molar-refractivity contribution < 1.29 is 9.47 Å². The molecule has 1 rings (SSSR count). The van der Waals surface area contributed by atoms with Crippen molar-refractivity contribution in [2.45, 2.75) is 13.5 Å². The molecule has 0 saturated carbocycles. The minimum Gasteiger partial charge on any atom is -0.491 e. The van der Waals surface area contributed by atoms with Crippen molar-refractivity contribution in [3.8, 4) is 5.75 Å². The number of ether oxygens (including phenoxy) is 2. The number of methoxy groups -OCH3 is 1. The molecule has 0 fully saturated rings. The summed E-state index contributed by atoms with van der Waals surface area (Å²) in [6.07, 6.45) is 2.09.